The Labute approximate surface area is 207 Å². The number of nitrogens with zero attached hydrogens (tertiary/aromatic N) is 2. The van der Waals surface area contributed by atoms with Gasteiger partial charge in [0, 0.05) is 25.6 Å². The molecule has 9 nitrogen and oxygen atoms in total. The Morgan fingerprint density at radius 3 is 2.42 bits per heavy atom. The molecule has 1 N–H and O–H groups in total. The molecule has 2 aliphatic heterocycles. The summed E-state index contributed by atoms with van der Waals surface area (Å²) in [5.74, 6) is -1.37. The number of carboxylic acid groups (broad SMARTS) is 1. The molecule has 3 heterocycles. The molecule has 1 saturated heterocycles. The Morgan fingerprint density at radius 1 is 1.17 bits per heavy atom. The van der Waals surface area contributed by atoms with Crippen molar-refractivity contribution in [2.75, 3.05) is 46.5 Å². The number of carboxylic acids is 1. The number of likely N-dealkylation sites (tertiary alicyclic amines) is 1. The van der Waals surface area contributed by atoms with Crippen LogP contribution in [0.15, 0.2) is 52.0 Å². The van der Waals surface area contributed by atoms with E-state index < -0.39 is 22.2 Å². The van der Waals surface area contributed by atoms with Gasteiger partial charge < -0.3 is 19.0 Å². The van der Waals surface area contributed by atoms with E-state index in [4.69, 9.17) is 23.8 Å². The molecule has 36 heavy (non-hydrogen) atoms. The lowest BCUT2D eigenvalue weighted by Crippen LogP contribution is -2.51. The summed E-state index contributed by atoms with van der Waals surface area (Å²) in [6.45, 7) is 4.19. The largest absolute Gasteiger partial charge is 0.492 e. The van der Waals surface area contributed by atoms with E-state index in [1.54, 1.807) is 35.9 Å². The minimum atomic E-state index is -5.08. The molecule has 0 atom stereocenters. The highest BCUT2D eigenvalue weighted by atomic mass is 32.2. The zero-order valence-electron chi connectivity index (χ0n) is 19.7. The number of benzene rings is 1. The average molecular weight is 535 g/mol. The van der Waals surface area contributed by atoms with Gasteiger partial charge in [0.05, 0.1) is 26.0 Å². The predicted molar refractivity (Wildman–Crippen MR) is 122 cm³/mol. The SMILES string of the molecule is COCCN1CC2(CCN(Cc3ccco3)CC2)COc2ccccc2S1(=O)=O.O=C(O)C(F)(F)F. The molecule has 0 bridgehead atoms. The zero-order chi connectivity index (χ0) is 26.4. The number of para-hydroxylation sites is 1. The maximum Gasteiger partial charge on any atom is 0.490 e. The van der Waals surface area contributed by atoms with Gasteiger partial charge in [-0.2, -0.15) is 17.5 Å². The molecular formula is C23H29F3N2O7S. The van der Waals surface area contributed by atoms with Crippen LogP contribution in [0.3, 0.4) is 0 Å². The number of piperidine rings is 1. The molecular weight excluding hydrogens is 505 g/mol. The molecule has 1 aromatic carbocycles. The van der Waals surface area contributed by atoms with Crippen molar-refractivity contribution in [3.8, 4) is 5.75 Å². The van der Waals surface area contributed by atoms with Crippen LogP contribution in [0.5, 0.6) is 5.75 Å². The highest BCUT2D eigenvalue weighted by Crippen LogP contribution is 2.39. The van der Waals surface area contributed by atoms with Gasteiger partial charge in [-0.15, -0.1) is 0 Å². The number of fused-ring (bicyclic) bond motifs is 1. The van der Waals surface area contributed by atoms with Gasteiger partial charge in [-0.05, 0) is 50.2 Å². The van der Waals surface area contributed by atoms with Crippen molar-refractivity contribution in [2.45, 2.75) is 30.5 Å². The van der Waals surface area contributed by atoms with Gasteiger partial charge in [0.1, 0.15) is 16.4 Å². The van der Waals surface area contributed by atoms with Gasteiger partial charge in [0.25, 0.3) is 0 Å². The lowest BCUT2D eigenvalue weighted by atomic mass is 9.78. The molecule has 2 aromatic rings. The number of ether oxygens (including phenoxy) is 2. The van der Waals surface area contributed by atoms with Crippen LogP contribution in [0.1, 0.15) is 18.6 Å². The second-order valence-corrected chi connectivity index (χ2v) is 10.6. The van der Waals surface area contributed by atoms with Gasteiger partial charge in [0.15, 0.2) is 0 Å². The Morgan fingerprint density at radius 2 is 1.83 bits per heavy atom. The van der Waals surface area contributed by atoms with Crippen molar-refractivity contribution in [2.24, 2.45) is 5.41 Å². The lowest BCUT2D eigenvalue weighted by Gasteiger charge is -2.44. The highest BCUT2D eigenvalue weighted by molar-refractivity contribution is 7.89. The molecule has 1 spiro atoms. The first kappa shape index (κ1) is 28.0. The zero-order valence-corrected chi connectivity index (χ0v) is 20.6. The molecule has 0 amide bonds. The minimum Gasteiger partial charge on any atom is -0.492 e. The van der Waals surface area contributed by atoms with E-state index in [2.05, 4.69) is 4.90 Å². The fourth-order valence-corrected chi connectivity index (χ4v) is 5.83. The molecule has 4 rings (SSSR count). The molecule has 2 aliphatic rings. The van der Waals surface area contributed by atoms with Crippen molar-refractivity contribution in [1.29, 1.82) is 0 Å². The number of alkyl halides is 3. The lowest BCUT2D eigenvalue weighted by molar-refractivity contribution is -0.192. The normalized spacial score (nSPS) is 19.8. The van der Waals surface area contributed by atoms with Gasteiger partial charge in [-0.1, -0.05) is 12.1 Å². The number of aliphatic carboxylic acids is 1. The fraction of sp³-hybridized carbons (Fsp3) is 0.522. The summed E-state index contributed by atoms with van der Waals surface area (Å²) in [5, 5.41) is 7.12. The van der Waals surface area contributed by atoms with Crippen molar-refractivity contribution in [3.63, 3.8) is 0 Å². The molecule has 13 heteroatoms. The van der Waals surface area contributed by atoms with Crippen LogP contribution in [0.25, 0.3) is 0 Å². The van der Waals surface area contributed by atoms with E-state index in [0.717, 1.165) is 38.2 Å². The van der Waals surface area contributed by atoms with E-state index in [9.17, 15) is 21.6 Å². The van der Waals surface area contributed by atoms with Gasteiger partial charge in [-0.3, -0.25) is 4.90 Å². The van der Waals surface area contributed by atoms with Gasteiger partial charge in [-0.25, -0.2) is 13.2 Å². The average Bonchev–Trinajstić information content (AvgIpc) is 3.34. The van der Waals surface area contributed by atoms with E-state index in [1.165, 1.54) is 0 Å². The van der Waals surface area contributed by atoms with Gasteiger partial charge >= 0.3 is 12.1 Å². The molecule has 0 aliphatic carbocycles. The number of hydrogen-bond donors (Lipinski definition) is 1. The number of hydrogen-bond acceptors (Lipinski definition) is 7. The Kier molecular flexibility index (Phi) is 9.03. The standard InChI is InChI=1S/C21H28N2O5S.C2HF3O2/c1-26-14-12-23-16-21(8-10-22(11-9-21)15-18-5-4-13-27-18)17-28-19-6-2-3-7-20(19)29(23,24)25;3-2(4,5)1(6)7/h2-7,13H,8-12,14-17H2,1H3;(H,6,7). The highest BCUT2D eigenvalue weighted by Gasteiger charge is 2.43. The molecule has 0 radical (unpaired) electrons. The first-order chi connectivity index (χ1) is 17.0. The smallest absolute Gasteiger partial charge is 0.490 e. The van der Waals surface area contributed by atoms with Gasteiger partial charge in [0.2, 0.25) is 10.0 Å². The first-order valence-electron chi connectivity index (χ1n) is 11.2. The summed E-state index contributed by atoms with van der Waals surface area (Å²) in [6, 6.07) is 10.8. The summed E-state index contributed by atoms with van der Waals surface area (Å²) in [6.07, 6.45) is -1.65. The number of rotatable bonds is 5. The van der Waals surface area contributed by atoms with Crippen molar-refractivity contribution in [1.82, 2.24) is 9.21 Å². The first-order valence-corrected chi connectivity index (χ1v) is 12.7. The fourth-order valence-electron chi connectivity index (χ4n) is 4.16. The van der Waals surface area contributed by atoms with Crippen LogP contribution < -0.4 is 4.74 Å². The van der Waals surface area contributed by atoms with Crippen LogP contribution in [0.2, 0.25) is 0 Å². The summed E-state index contributed by atoms with van der Waals surface area (Å²) in [7, 11) is -2.05. The summed E-state index contributed by atoms with van der Waals surface area (Å²) in [4.78, 5) is 11.5. The van der Waals surface area contributed by atoms with Crippen molar-refractivity contribution >= 4 is 16.0 Å². The number of furan rings is 1. The third-order valence-corrected chi connectivity index (χ3v) is 8.06. The van der Waals surface area contributed by atoms with Crippen LogP contribution in [-0.2, 0) is 26.1 Å². The predicted octanol–water partition coefficient (Wildman–Crippen LogP) is 3.22. The summed E-state index contributed by atoms with van der Waals surface area (Å²) < 4.78 is 76.8. The molecule has 0 saturated carbocycles. The third-order valence-electron chi connectivity index (χ3n) is 6.18. The van der Waals surface area contributed by atoms with E-state index in [-0.39, 0.29) is 10.3 Å². The Hall–Kier alpha value is -2.61. The molecule has 0 unspecified atom stereocenters. The number of methoxy groups -OCH3 is 1. The van der Waals surface area contributed by atoms with E-state index in [0.29, 0.717) is 32.1 Å². The van der Waals surface area contributed by atoms with Crippen LogP contribution in [0, 0.1) is 5.41 Å². The third kappa shape index (κ3) is 6.99. The van der Waals surface area contributed by atoms with Crippen LogP contribution in [-0.4, -0.2) is 81.4 Å². The second-order valence-electron chi connectivity index (χ2n) is 8.73. The maximum atomic E-state index is 13.4. The number of carbonyl (C=O) groups is 1. The van der Waals surface area contributed by atoms with Crippen molar-refractivity contribution < 1.29 is 45.4 Å². The van der Waals surface area contributed by atoms with Crippen molar-refractivity contribution in [3.05, 3.63) is 48.4 Å². The number of halogens is 3. The molecule has 1 fully saturated rings. The van der Waals surface area contributed by atoms with E-state index >= 15 is 0 Å². The van der Waals surface area contributed by atoms with Crippen LogP contribution in [0.4, 0.5) is 13.2 Å². The number of sulfonamides is 1. The van der Waals surface area contributed by atoms with E-state index in [1.807, 2.05) is 18.2 Å². The van der Waals surface area contributed by atoms with Crippen LogP contribution >= 0.6 is 0 Å². The monoisotopic (exact) mass is 534 g/mol. The second kappa shape index (κ2) is 11.6. The quantitative estimate of drug-likeness (QED) is 0.623. The summed E-state index contributed by atoms with van der Waals surface area (Å²) >= 11 is 0. The Bertz CT molecular complexity index is 1100. The molecule has 200 valence electrons. The topological polar surface area (TPSA) is 110 Å². The maximum absolute atomic E-state index is 13.4. The Balaban J connectivity index is 0.000000454. The summed E-state index contributed by atoms with van der Waals surface area (Å²) in [5.41, 5.74) is -0.214. The minimum absolute atomic E-state index is 0.214. The molecule has 1 aromatic heterocycles.